The number of aromatic nitrogens is 1. The van der Waals surface area contributed by atoms with E-state index in [1.54, 1.807) is 21.0 Å². The summed E-state index contributed by atoms with van der Waals surface area (Å²) in [7, 11) is 1.59. The van der Waals surface area contributed by atoms with Crippen LogP contribution in [0.5, 0.6) is 0 Å². The number of hydrogen-bond acceptors (Lipinski definition) is 5. The highest BCUT2D eigenvalue weighted by molar-refractivity contribution is 5.69. The van der Waals surface area contributed by atoms with Crippen LogP contribution in [0.4, 0.5) is 0 Å². The summed E-state index contributed by atoms with van der Waals surface area (Å²) in [4.78, 5) is 25.9. The molecule has 1 aromatic rings. The summed E-state index contributed by atoms with van der Waals surface area (Å²) < 4.78 is 9.94. The molecule has 6 heteroatoms. The Hall–Kier alpha value is -2.13. The first-order chi connectivity index (χ1) is 10.0. The molecule has 0 aliphatic carbocycles. The van der Waals surface area contributed by atoms with E-state index < -0.39 is 5.56 Å². The maximum Gasteiger partial charge on any atom is 0.306 e. The SMILES string of the molecule is COCCCOC(=O)CCc1c(C)[nH]c(=O)c(C#N)c1C. The first kappa shape index (κ1) is 16.9. The van der Waals surface area contributed by atoms with Gasteiger partial charge in [0.25, 0.3) is 5.56 Å². The number of aryl methyl sites for hydroxylation is 1. The monoisotopic (exact) mass is 292 g/mol. The van der Waals surface area contributed by atoms with E-state index in [-0.39, 0.29) is 18.0 Å². The second-order valence-corrected chi connectivity index (χ2v) is 4.74. The molecule has 1 aromatic heterocycles. The van der Waals surface area contributed by atoms with Crippen LogP contribution in [0, 0.1) is 25.2 Å². The molecule has 0 saturated carbocycles. The minimum Gasteiger partial charge on any atom is -0.466 e. The fourth-order valence-corrected chi connectivity index (χ4v) is 2.11. The third-order valence-electron chi connectivity index (χ3n) is 3.26. The van der Waals surface area contributed by atoms with E-state index in [0.29, 0.717) is 37.3 Å². The largest absolute Gasteiger partial charge is 0.466 e. The molecule has 0 radical (unpaired) electrons. The van der Waals surface area contributed by atoms with Crippen molar-refractivity contribution in [1.29, 1.82) is 5.26 Å². The molecule has 1 N–H and O–H groups in total. The molecule has 0 unspecified atom stereocenters. The van der Waals surface area contributed by atoms with Crippen LogP contribution in [0.1, 0.15) is 35.2 Å². The summed E-state index contributed by atoms with van der Waals surface area (Å²) >= 11 is 0. The van der Waals surface area contributed by atoms with Gasteiger partial charge in [0.2, 0.25) is 0 Å². The van der Waals surface area contributed by atoms with Crippen LogP contribution in [0.25, 0.3) is 0 Å². The number of rotatable bonds is 7. The van der Waals surface area contributed by atoms with Gasteiger partial charge in [0.1, 0.15) is 11.6 Å². The number of methoxy groups -OCH3 is 1. The van der Waals surface area contributed by atoms with Crippen LogP contribution in [0.15, 0.2) is 4.79 Å². The minimum absolute atomic E-state index is 0.101. The summed E-state index contributed by atoms with van der Waals surface area (Å²) in [6.07, 6.45) is 1.31. The lowest BCUT2D eigenvalue weighted by molar-refractivity contribution is -0.143. The molecule has 0 bridgehead atoms. The van der Waals surface area contributed by atoms with E-state index in [0.717, 1.165) is 5.56 Å². The number of ether oxygens (including phenoxy) is 2. The summed E-state index contributed by atoms with van der Waals surface area (Å²) in [6, 6.07) is 1.89. The van der Waals surface area contributed by atoms with Gasteiger partial charge in [0.05, 0.1) is 6.61 Å². The fraction of sp³-hybridized carbons (Fsp3) is 0.533. The number of nitriles is 1. The molecule has 0 aliphatic heterocycles. The van der Waals surface area contributed by atoms with Crippen LogP contribution >= 0.6 is 0 Å². The van der Waals surface area contributed by atoms with Crippen molar-refractivity contribution in [2.75, 3.05) is 20.3 Å². The maximum absolute atomic E-state index is 11.6. The molecular weight excluding hydrogens is 272 g/mol. The Bertz CT molecular complexity index is 599. The average Bonchev–Trinajstić information content (AvgIpc) is 2.43. The van der Waals surface area contributed by atoms with Crippen LogP contribution in [-0.2, 0) is 20.7 Å². The number of H-pyrrole nitrogens is 1. The van der Waals surface area contributed by atoms with Crippen molar-refractivity contribution >= 4 is 5.97 Å². The summed E-state index contributed by atoms with van der Waals surface area (Å²) in [5, 5.41) is 8.99. The normalized spacial score (nSPS) is 10.2. The number of aromatic amines is 1. The molecule has 1 heterocycles. The van der Waals surface area contributed by atoms with Crippen LogP contribution in [-0.4, -0.2) is 31.3 Å². The van der Waals surface area contributed by atoms with E-state index in [2.05, 4.69) is 4.98 Å². The van der Waals surface area contributed by atoms with Crippen LogP contribution < -0.4 is 5.56 Å². The molecule has 21 heavy (non-hydrogen) atoms. The fourth-order valence-electron chi connectivity index (χ4n) is 2.11. The highest BCUT2D eigenvalue weighted by Crippen LogP contribution is 2.15. The standard InChI is InChI=1S/C15H20N2O4/c1-10-12(11(2)17-15(19)13(10)9-16)5-6-14(18)21-8-4-7-20-3/h4-8H2,1-3H3,(H,17,19). The van der Waals surface area contributed by atoms with Gasteiger partial charge < -0.3 is 14.5 Å². The molecule has 114 valence electrons. The Kier molecular flexibility index (Phi) is 6.63. The van der Waals surface area contributed by atoms with E-state index in [4.69, 9.17) is 14.7 Å². The van der Waals surface area contributed by atoms with Crippen molar-refractivity contribution in [3.63, 3.8) is 0 Å². The van der Waals surface area contributed by atoms with Crippen molar-refractivity contribution in [2.24, 2.45) is 0 Å². The van der Waals surface area contributed by atoms with Crippen molar-refractivity contribution in [3.05, 3.63) is 32.7 Å². The van der Waals surface area contributed by atoms with Gasteiger partial charge in [-0.25, -0.2) is 0 Å². The Labute approximate surface area is 123 Å². The van der Waals surface area contributed by atoms with Gasteiger partial charge >= 0.3 is 5.97 Å². The molecule has 6 nitrogen and oxygen atoms in total. The van der Waals surface area contributed by atoms with Gasteiger partial charge in [-0.15, -0.1) is 0 Å². The summed E-state index contributed by atoms with van der Waals surface area (Å²) in [5.41, 5.74) is 1.84. The number of nitrogens with zero attached hydrogens (tertiary/aromatic N) is 1. The highest BCUT2D eigenvalue weighted by atomic mass is 16.5. The molecule has 0 atom stereocenters. The Morgan fingerprint density at radius 2 is 2.05 bits per heavy atom. The van der Waals surface area contributed by atoms with Gasteiger partial charge in [0.15, 0.2) is 0 Å². The third-order valence-corrected chi connectivity index (χ3v) is 3.26. The third kappa shape index (κ3) is 4.72. The molecular formula is C15H20N2O4. The minimum atomic E-state index is -0.390. The lowest BCUT2D eigenvalue weighted by Crippen LogP contribution is -2.17. The zero-order chi connectivity index (χ0) is 15.8. The van der Waals surface area contributed by atoms with Crippen molar-refractivity contribution < 1.29 is 14.3 Å². The summed E-state index contributed by atoms with van der Waals surface area (Å²) in [6.45, 7) is 4.37. The van der Waals surface area contributed by atoms with E-state index in [9.17, 15) is 9.59 Å². The topological polar surface area (TPSA) is 92.2 Å². The van der Waals surface area contributed by atoms with Crippen molar-refractivity contribution in [3.8, 4) is 6.07 Å². The lowest BCUT2D eigenvalue weighted by Gasteiger charge is -2.10. The van der Waals surface area contributed by atoms with E-state index in [1.165, 1.54) is 0 Å². The van der Waals surface area contributed by atoms with Crippen LogP contribution in [0.2, 0.25) is 0 Å². The maximum atomic E-state index is 11.6. The van der Waals surface area contributed by atoms with Crippen molar-refractivity contribution in [2.45, 2.75) is 33.1 Å². The summed E-state index contributed by atoms with van der Waals surface area (Å²) in [5.74, 6) is -0.297. The first-order valence-electron chi connectivity index (χ1n) is 6.78. The van der Waals surface area contributed by atoms with E-state index >= 15 is 0 Å². The molecule has 0 fully saturated rings. The highest BCUT2D eigenvalue weighted by Gasteiger charge is 2.13. The molecule has 0 aromatic carbocycles. The van der Waals surface area contributed by atoms with Gasteiger partial charge in [-0.05, 0) is 31.4 Å². The molecule has 0 saturated heterocycles. The second-order valence-electron chi connectivity index (χ2n) is 4.74. The lowest BCUT2D eigenvalue weighted by atomic mass is 9.99. The quantitative estimate of drug-likeness (QED) is 0.605. The molecule has 1 rings (SSSR count). The zero-order valence-corrected chi connectivity index (χ0v) is 12.6. The number of nitrogens with one attached hydrogen (secondary N) is 1. The second kappa shape index (κ2) is 8.22. The van der Waals surface area contributed by atoms with Crippen molar-refractivity contribution in [1.82, 2.24) is 4.98 Å². The van der Waals surface area contributed by atoms with Gasteiger partial charge in [-0.1, -0.05) is 0 Å². The Morgan fingerprint density at radius 1 is 1.33 bits per heavy atom. The number of esters is 1. The predicted octanol–water partition coefficient (Wildman–Crippen LogP) is 1.38. The number of carbonyl (C=O) groups excluding carboxylic acids is 1. The number of pyridine rings is 1. The average molecular weight is 292 g/mol. The molecule has 0 aliphatic rings. The van der Waals surface area contributed by atoms with Gasteiger partial charge in [-0.2, -0.15) is 5.26 Å². The Morgan fingerprint density at radius 3 is 2.67 bits per heavy atom. The predicted molar refractivity (Wildman–Crippen MR) is 77.0 cm³/mol. The van der Waals surface area contributed by atoms with E-state index in [1.807, 2.05) is 6.07 Å². The van der Waals surface area contributed by atoms with Gasteiger partial charge in [-0.3, -0.25) is 9.59 Å². The first-order valence-corrected chi connectivity index (χ1v) is 6.78. The smallest absolute Gasteiger partial charge is 0.306 e. The van der Waals surface area contributed by atoms with Crippen LogP contribution in [0.3, 0.4) is 0 Å². The molecule has 0 spiro atoms. The zero-order valence-electron chi connectivity index (χ0n) is 12.6. The number of carbonyl (C=O) groups is 1. The Balaban J connectivity index is 2.66. The number of hydrogen-bond donors (Lipinski definition) is 1. The molecule has 0 amide bonds. The van der Waals surface area contributed by atoms with Gasteiger partial charge in [0, 0.05) is 32.3 Å².